The van der Waals surface area contributed by atoms with E-state index in [2.05, 4.69) is 18.0 Å². The number of allylic oxidation sites excluding steroid dienone is 5. The standard InChI is InChI=1S/C16H17NO2/c1-4-6-13(14-7-5-8-17-12(14)3)10-16-15(18)9-11(2)19-16/h5-10H,4H2,1-3H3/b13-6-,16-10-. The zero-order chi connectivity index (χ0) is 13.8. The maximum atomic E-state index is 11.7. The van der Waals surface area contributed by atoms with Crippen LogP contribution < -0.4 is 0 Å². The van der Waals surface area contributed by atoms with Gasteiger partial charge in [0.05, 0.1) is 0 Å². The topological polar surface area (TPSA) is 39.2 Å². The second kappa shape index (κ2) is 5.65. The molecule has 0 atom stereocenters. The highest BCUT2D eigenvalue weighted by Gasteiger charge is 2.18. The third-order valence-electron chi connectivity index (χ3n) is 2.88. The Hall–Kier alpha value is -2.16. The van der Waals surface area contributed by atoms with Gasteiger partial charge >= 0.3 is 0 Å². The van der Waals surface area contributed by atoms with Gasteiger partial charge < -0.3 is 4.74 Å². The Morgan fingerprint density at radius 1 is 1.42 bits per heavy atom. The number of pyridine rings is 1. The number of ether oxygens (including phenoxy) is 1. The maximum absolute atomic E-state index is 11.7. The fourth-order valence-electron chi connectivity index (χ4n) is 2.01. The van der Waals surface area contributed by atoms with E-state index in [0.717, 1.165) is 23.3 Å². The minimum absolute atomic E-state index is 0.0824. The van der Waals surface area contributed by atoms with Gasteiger partial charge in [0.25, 0.3) is 0 Å². The fraction of sp³-hybridized carbons (Fsp3) is 0.250. The molecule has 1 aliphatic heterocycles. The van der Waals surface area contributed by atoms with Crippen molar-refractivity contribution in [2.45, 2.75) is 27.2 Å². The summed E-state index contributed by atoms with van der Waals surface area (Å²) in [5.41, 5.74) is 2.94. The summed E-state index contributed by atoms with van der Waals surface area (Å²) in [5.74, 6) is 0.927. The Kier molecular flexibility index (Phi) is 3.95. The first-order valence-electron chi connectivity index (χ1n) is 6.36. The van der Waals surface area contributed by atoms with Crippen molar-refractivity contribution in [3.05, 3.63) is 59.3 Å². The molecule has 0 unspecified atom stereocenters. The Balaban J connectivity index is 2.39. The smallest absolute Gasteiger partial charge is 0.224 e. The van der Waals surface area contributed by atoms with Crippen molar-refractivity contribution in [3.63, 3.8) is 0 Å². The summed E-state index contributed by atoms with van der Waals surface area (Å²) < 4.78 is 5.42. The first kappa shape index (κ1) is 13.3. The van der Waals surface area contributed by atoms with Gasteiger partial charge in [0.15, 0.2) is 5.76 Å². The highest BCUT2D eigenvalue weighted by Crippen LogP contribution is 2.24. The molecular weight excluding hydrogens is 238 g/mol. The number of carbonyl (C=O) groups excluding carboxylic acids is 1. The lowest BCUT2D eigenvalue weighted by molar-refractivity contribution is -0.112. The number of rotatable bonds is 3. The molecule has 0 aromatic carbocycles. The molecule has 0 amide bonds. The van der Waals surface area contributed by atoms with Crippen LogP contribution in [-0.2, 0) is 9.53 Å². The van der Waals surface area contributed by atoms with Gasteiger partial charge in [0, 0.05) is 23.5 Å². The lowest BCUT2D eigenvalue weighted by atomic mass is 10.0. The molecule has 2 rings (SSSR count). The summed E-state index contributed by atoms with van der Waals surface area (Å²) in [5, 5.41) is 0. The molecule has 0 saturated heterocycles. The second-order valence-electron chi connectivity index (χ2n) is 4.43. The predicted octanol–water partition coefficient (Wildman–Crippen LogP) is 3.57. The molecule has 3 nitrogen and oxygen atoms in total. The van der Waals surface area contributed by atoms with E-state index in [9.17, 15) is 4.79 Å². The first-order chi connectivity index (χ1) is 9.11. The van der Waals surface area contributed by atoms with Gasteiger partial charge in [-0.3, -0.25) is 9.78 Å². The molecular formula is C16H17NO2. The molecule has 0 N–H and O–H groups in total. The van der Waals surface area contributed by atoms with E-state index in [-0.39, 0.29) is 5.78 Å². The summed E-state index contributed by atoms with van der Waals surface area (Å²) in [6.45, 7) is 5.79. The molecule has 0 aliphatic carbocycles. The van der Waals surface area contributed by atoms with Crippen LogP contribution in [-0.4, -0.2) is 10.8 Å². The molecule has 3 heteroatoms. The van der Waals surface area contributed by atoms with Crippen molar-refractivity contribution in [3.8, 4) is 0 Å². The monoisotopic (exact) mass is 255 g/mol. The molecule has 1 aromatic rings. The second-order valence-corrected chi connectivity index (χ2v) is 4.43. The van der Waals surface area contributed by atoms with Crippen molar-refractivity contribution in [1.29, 1.82) is 0 Å². The SMILES string of the molecule is CC/C=C(/C=C1\OC(C)=CC1=O)c1cccnc1C. The van der Waals surface area contributed by atoms with Crippen LogP contribution in [0.15, 0.2) is 48.1 Å². The van der Waals surface area contributed by atoms with Crippen molar-refractivity contribution < 1.29 is 9.53 Å². The number of hydrogen-bond acceptors (Lipinski definition) is 3. The number of carbonyl (C=O) groups is 1. The maximum Gasteiger partial charge on any atom is 0.224 e. The van der Waals surface area contributed by atoms with Crippen LogP contribution in [0.25, 0.3) is 5.57 Å². The Morgan fingerprint density at radius 2 is 2.21 bits per heavy atom. The van der Waals surface area contributed by atoms with Gasteiger partial charge in [0.1, 0.15) is 5.76 Å². The van der Waals surface area contributed by atoms with Crippen LogP contribution in [0.1, 0.15) is 31.5 Å². The lowest BCUT2D eigenvalue weighted by Gasteiger charge is -2.07. The van der Waals surface area contributed by atoms with E-state index in [1.165, 1.54) is 6.08 Å². The van der Waals surface area contributed by atoms with Crippen LogP contribution in [0.5, 0.6) is 0 Å². The molecule has 0 fully saturated rings. The number of ketones is 1. The minimum Gasteiger partial charge on any atom is -0.458 e. The molecule has 1 aliphatic rings. The largest absolute Gasteiger partial charge is 0.458 e. The Morgan fingerprint density at radius 3 is 2.79 bits per heavy atom. The van der Waals surface area contributed by atoms with Gasteiger partial charge in [-0.2, -0.15) is 0 Å². The van der Waals surface area contributed by atoms with Gasteiger partial charge in [-0.25, -0.2) is 0 Å². The van der Waals surface area contributed by atoms with Crippen molar-refractivity contribution in [2.24, 2.45) is 0 Å². The number of aryl methyl sites for hydroxylation is 1. The van der Waals surface area contributed by atoms with E-state index in [0.29, 0.717) is 11.5 Å². The number of nitrogens with zero attached hydrogens (tertiary/aromatic N) is 1. The normalized spacial score (nSPS) is 17.6. The average Bonchev–Trinajstić information content (AvgIpc) is 2.68. The third-order valence-corrected chi connectivity index (χ3v) is 2.88. The van der Waals surface area contributed by atoms with Gasteiger partial charge in [-0.05, 0) is 38.0 Å². The molecule has 2 heterocycles. The molecule has 0 radical (unpaired) electrons. The highest BCUT2D eigenvalue weighted by molar-refractivity contribution is 6.06. The summed E-state index contributed by atoms with van der Waals surface area (Å²) in [6.07, 6.45) is 8.02. The van der Waals surface area contributed by atoms with Gasteiger partial charge in [-0.15, -0.1) is 0 Å². The van der Waals surface area contributed by atoms with E-state index in [1.54, 1.807) is 19.2 Å². The zero-order valence-corrected chi connectivity index (χ0v) is 11.4. The van der Waals surface area contributed by atoms with Crippen molar-refractivity contribution in [2.75, 3.05) is 0 Å². The Labute approximate surface area is 113 Å². The van der Waals surface area contributed by atoms with Gasteiger partial charge in [0.2, 0.25) is 5.78 Å². The third kappa shape index (κ3) is 2.99. The number of hydrogen-bond donors (Lipinski definition) is 0. The van der Waals surface area contributed by atoms with E-state index in [1.807, 2.05) is 19.1 Å². The summed E-state index contributed by atoms with van der Waals surface area (Å²) in [6, 6.07) is 3.89. The quantitative estimate of drug-likeness (QED) is 0.775. The van der Waals surface area contributed by atoms with E-state index >= 15 is 0 Å². The zero-order valence-electron chi connectivity index (χ0n) is 11.4. The van der Waals surface area contributed by atoms with Crippen molar-refractivity contribution in [1.82, 2.24) is 4.98 Å². The molecule has 0 spiro atoms. The summed E-state index contributed by atoms with van der Waals surface area (Å²) in [7, 11) is 0. The lowest BCUT2D eigenvalue weighted by Crippen LogP contribution is -1.96. The average molecular weight is 255 g/mol. The van der Waals surface area contributed by atoms with E-state index in [4.69, 9.17) is 4.74 Å². The molecule has 19 heavy (non-hydrogen) atoms. The highest BCUT2D eigenvalue weighted by atomic mass is 16.5. The van der Waals surface area contributed by atoms with Gasteiger partial charge in [-0.1, -0.05) is 19.1 Å². The fourth-order valence-corrected chi connectivity index (χ4v) is 2.01. The minimum atomic E-state index is -0.0824. The summed E-state index contributed by atoms with van der Waals surface area (Å²) in [4.78, 5) is 16.0. The molecule has 0 bridgehead atoms. The molecule has 98 valence electrons. The van der Waals surface area contributed by atoms with Crippen LogP contribution in [0.4, 0.5) is 0 Å². The van der Waals surface area contributed by atoms with E-state index < -0.39 is 0 Å². The van der Waals surface area contributed by atoms with Crippen LogP contribution in [0, 0.1) is 6.92 Å². The predicted molar refractivity (Wildman–Crippen MR) is 75.2 cm³/mol. The molecule has 1 aromatic heterocycles. The number of aromatic nitrogens is 1. The first-order valence-corrected chi connectivity index (χ1v) is 6.36. The van der Waals surface area contributed by atoms with Crippen molar-refractivity contribution >= 4 is 11.4 Å². The summed E-state index contributed by atoms with van der Waals surface area (Å²) >= 11 is 0. The van der Waals surface area contributed by atoms with Crippen LogP contribution in [0.2, 0.25) is 0 Å². The van der Waals surface area contributed by atoms with Crippen LogP contribution in [0.3, 0.4) is 0 Å². The molecule has 0 saturated carbocycles. The van der Waals surface area contributed by atoms with Crippen LogP contribution >= 0.6 is 0 Å². The Bertz CT molecular complexity index is 595.